The van der Waals surface area contributed by atoms with Crippen molar-refractivity contribution in [2.75, 3.05) is 11.9 Å². The van der Waals surface area contributed by atoms with Gasteiger partial charge in [-0.15, -0.1) is 0 Å². The summed E-state index contributed by atoms with van der Waals surface area (Å²) in [5.41, 5.74) is 2.03. The van der Waals surface area contributed by atoms with E-state index < -0.39 is 0 Å². The molecule has 0 spiro atoms. The van der Waals surface area contributed by atoms with Gasteiger partial charge >= 0.3 is 0 Å². The van der Waals surface area contributed by atoms with Gasteiger partial charge in [-0.25, -0.2) is 9.67 Å². The van der Waals surface area contributed by atoms with Gasteiger partial charge in [-0.3, -0.25) is 4.79 Å². The number of amides is 1. The summed E-state index contributed by atoms with van der Waals surface area (Å²) in [5.74, 6) is 0.435. The van der Waals surface area contributed by atoms with Gasteiger partial charge in [0.05, 0.1) is 18.0 Å². The molecule has 0 saturated carbocycles. The van der Waals surface area contributed by atoms with E-state index in [1.807, 2.05) is 31.2 Å². The second-order valence-corrected chi connectivity index (χ2v) is 5.73. The number of aromatic nitrogens is 3. The standard InChI is InChI=1S/C19H17ClN4O2/c1-2-26-18-6-4-3-5-14(18)7-10-19(25)23-16-11-15(20)8-9-17(16)24-13-21-12-22-24/h3-13H,2H2,1H3,(H,23,25)/b10-7+. The molecule has 1 N–H and O–H groups in total. The summed E-state index contributed by atoms with van der Waals surface area (Å²) in [5, 5.41) is 7.42. The van der Waals surface area contributed by atoms with Crippen LogP contribution in [0.25, 0.3) is 11.8 Å². The second-order valence-electron chi connectivity index (χ2n) is 5.29. The van der Waals surface area contributed by atoms with Gasteiger partial charge in [0.25, 0.3) is 0 Å². The summed E-state index contributed by atoms with van der Waals surface area (Å²) in [6, 6.07) is 12.7. The van der Waals surface area contributed by atoms with Crippen LogP contribution >= 0.6 is 11.6 Å². The summed E-state index contributed by atoms with van der Waals surface area (Å²) in [4.78, 5) is 16.3. The Hall–Kier alpha value is -3.12. The molecule has 0 radical (unpaired) electrons. The van der Waals surface area contributed by atoms with Crippen LogP contribution < -0.4 is 10.1 Å². The Labute approximate surface area is 156 Å². The van der Waals surface area contributed by atoms with E-state index in [9.17, 15) is 4.79 Å². The zero-order valence-corrected chi connectivity index (χ0v) is 14.8. The van der Waals surface area contributed by atoms with E-state index in [1.54, 1.807) is 35.3 Å². The molecule has 0 atom stereocenters. The minimum Gasteiger partial charge on any atom is -0.493 e. The minimum absolute atomic E-state index is 0.292. The van der Waals surface area contributed by atoms with Crippen molar-refractivity contribution in [2.24, 2.45) is 0 Å². The lowest BCUT2D eigenvalue weighted by molar-refractivity contribution is -0.111. The number of hydrogen-bond acceptors (Lipinski definition) is 4. The fourth-order valence-corrected chi connectivity index (χ4v) is 2.56. The van der Waals surface area contributed by atoms with Crippen molar-refractivity contribution in [1.82, 2.24) is 14.8 Å². The molecule has 6 nitrogen and oxygen atoms in total. The normalized spacial score (nSPS) is 10.8. The molecule has 3 rings (SSSR count). The van der Waals surface area contributed by atoms with Gasteiger partial charge < -0.3 is 10.1 Å². The Balaban J connectivity index is 1.80. The van der Waals surface area contributed by atoms with Crippen LogP contribution in [0.2, 0.25) is 5.02 Å². The van der Waals surface area contributed by atoms with Gasteiger partial charge in [0.15, 0.2) is 0 Å². The van der Waals surface area contributed by atoms with E-state index in [-0.39, 0.29) is 5.91 Å². The molecular weight excluding hydrogens is 352 g/mol. The number of halogens is 1. The SMILES string of the molecule is CCOc1ccccc1/C=C/C(=O)Nc1cc(Cl)ccc1-n1cncn1. The molecule has 0 bridgehead atoms. The highest BCUT2D eigenvalue weighted by Gasteiger charge is 2.09. The van der Waals surface area contributed by atoms with Crippen LogP contribution in [0.15, 0.2) is 61.2 Å². The van der Waals surface area contributed by atoms with Crippen molar-refractivity contribution in [3.63, 3.8) is 0 Å². The molecule has 0 aliphatic rings. The number of ether oxygens (including phenoxy) is 1. The summed E-state index contributed by atoms with van der Waals surface area (Å²) in [7, 11) is 0. The van der Waals surface area contributed by atoms with Gasteiger partial charge in [-0.2, -0.15) is 5.10 Å². The lowest BCUT2D eigenvalue weighted by Gasteiger charge is -2.10. The Morgan fingerprint density at radius 1 is 1.31 bits per heavy atom. The van der Waals surface area contributed by atoms with Crippen molar-refractivity contribution in [3.8, 4) is 11.4 Å². The first-order valence-corrected chi connectivity index (χ1v) is 8.40. The Bertz CT molecular complexity index is 923. The van der Waals surface area contributed by atoms with Gasteiger partial charge in [0.1, 0.15) is 18.4 Å². The highest BCUT2D eigenvalue weighted by Crippen LogP contribution is 2.24. The number of benzene rings is 2. The van der Waals surface area contributed by atoms with E-state index in [0.29, 0.717) is 23.0 Å². The first-order valence-electron chi connectivity index (χ1n) is 8.03. The number of anilines is 1. The number of nitrogens with zero attached hydrogens (tertiary/aromatic N) is 3. The van der Waals surface area contributed by atoms with Crippen LogP contribution in [-0.4, -0.2) is 27.3 Å². The predicted octanol–water partition coefficient (Wildman–Crippen LogP) is 3.97. The number of carbonyl (C=O) groups excluding carboxylic acids is 1. The largest absolute Gasteiger partial charge is 0.493 e. The van der Waals surface area contributed by atoms with Gasteiger partial charge in [-0.05, 0) is 37.3 Å². The minimum atomic E-state index is -0.292. The zero-order valence-electron chi connectivity index (χ0n) is 14.1. The topological polar surface area (TPSA) is 69.0 Å². The smallest absolute Gasteiger partial charge is 0.248 e. The summed E-state index contributed by atoms with van der Waals surface area (Å²) >= 11 is 6.06. The quantitative estimate of drug-likeness (QED) is 0.668. The van der Waals surface area contributed by atoms with E-state index in [0.717, 1.165) is 11.3 Å². The van der Waals surface area contributed by atoms with Crippen LogP contribution in [0, 0.1) is 0 Å². The summed E-state index contributed by atoms with van der Waals surface area (Å²) in [6.07, 6.45) is 6.13. The lowest BCUT2D eigenvalue weighted by Crippen LogP contribution is -2.11. The third-order valence-corrected chi connectivity index (χ3v) is 3.75. The van der Waals surface area contributed by atoms with Crippen LogP contribution in [0.3, 0.4) is 0 Å². The number of para-hydroxylation sites is 1. The molecule has 0 fully saturated rings. The first kappa shape index (κ1) is 17.7. The molecule has 0 aliphatic heterocycles. The molecule has 1 aromatic heterocycles. The summed E-state index contributed by atoms with van der Waals surface area (Å²) < 4.78 is 7.11. The lowest BCUT2D eigenvalue weighted by atomic mass is 10.2. The monoisotopic (exact) mass is 368 g/mol. The average Bonchev–Trinajstić information content (AvgIpc) is 3.16. The Morgan fingerprint density at radius 2 is 2.15 bits per heavy atom. The van der Waals surface area contributed by atoms with E-state index >= 15 is 0 Å². The van der Waals surface area contributed by atoms with Gasteiger partial charge in [0.2, 0.25) is 5.91 Å². The number of hydrogen-bond donors (Lipinski definition) is 1. The van der Waals surface area contributed by atoms with Gasteiger partial charge in [0, 0.05) is 16.7 Å². The van der Waals surface area contributed by atoms with E-state index in [4.69, 9.17) is 16.3 Å². The Morgan fingerprint density at radius 3 is 2.92 bits per heavy atom. The van der Waals surface area contributed by atoms with Crippen LogP contribution in [0.1, 0.15) is 12.5 Å². The number of rotatable bonds is 6. The highest BCUT2D eigenvalue weighted by atomic mass is 35.5. The molecule has 7 heteroatoms. The molecule has 132 valence electrons. The maximum atomic E-state index is 12.4. The molecule has 0 saturated heterocycles. The van der Waals surface area contributed by atoms with E-state index in [1.165, 1.54) is 12.4 Å². The van der Waals surface area contributed by atoms with Crippen molar-refractivity contribution >= 4 is 29.3 Å². The Kier molecular flexibility index (Phi) is 5.66. The number of nitrogens with one attached hydrogen (secondary N) is 1. The fraction of sp³-hybridized carbons (Fsp3) is 0.105. The third-order valence-electron chi connectivity index (χ3n) is 3.52. The van der Waals surface area contributed by atoms with Crippen LogP contribution in [0.5, 0.6) is 5.75 Å². The first-order chi connectivity index (χ1) is 12.7. The van der Waals surface area contributed by atoms with Crippen molar-refractivity contribution < 1.29 is 9.53 Å². The van der Waals surface area contributed by atoms with Crippen molar-refractivity contribution in [2.45, 2.75) is 6.92 Å². The molecule has 1 heterocycles. The number of carbonyl (C=O) groups is 1. The highest BCUT2D eigenvalue weighted by molar-refractivity contribution is 6.31. The third kappa shape index (κ3) is 4.29. The van der Waals surface area contributed by atoms with Crippen molar-refractivity contribution in [1.29, 1.82) is 0 Å². The van der Waals surface area contributed by atoms with E-state index in [2.05, 4.69) is 15.4 Å². The molecule has 0 aliphatic carbocycles. The fourth-order valence-electron chi connectivity index (χ4n) is 2.39. The maximum Gasteiger partial charge on any atom is 0.248 e. The van der Waals surface area contributed by atoms with Crippen molar-refractivity contribution in [3.05, 3.63) is 71.8 Å². The van der Waals surface area contributed by atoms with Gasteiger partial charge in [-0.1, -0.05) is 29.8 Å². The predicted molar refractivity (Wildman–Crippen MR) is 102 cm³/mol. The molecule has 0 unspecified atom stereocenters. The van der Waals surface area contributed by atoms with Crippen LogP contribution in [0.4, 0.5) is 5.69 Å². The molecule has 2 aromatic carbocycles. The second kappa shape index (κ2) is 8.31. The average molecular weight is 369 g/mol. The molecule has 1 amide bonds. The summed E-state index contributed by atoms with van der Waals surface area (Å²) in [6.45, 7) is 2.47. The molecule has 26 heavy (non-hydrogen) atoms. The van der Waals surface area contributed by atoms with Crippen LogP contribution in [-0.2, 0) is 4.79 Å². The molecular formula is C19H17ClN4O2. The molecule has 3 aromatic rings. The maximum absolute atomic E-state index is 12.4. The zero-order chi connectivity index (χ0) is 18.4.